The maximum atomic E-state index is 3.57. The Labute approximate surface area is 111 Å². The third-order valence-electron chi connectivity index (χ3n) is 2.70. The zero-order chi connectivity index (χ0) is 12.1. The van der Waals surface area contributed by atoms with Gasteiger partial charge in [0.2, 0.25) is 0 Å². The lowest BCUT2D eigenvalue weighted by atomic mass is 10.1. The molecular weight excluding hydrogens is 274 g/mol. The molecule has 0 saturated carbocycles. The predicted molar refractivity (Wildman–Crippen MR) is 77.5 cm³/mol. The summed E-state index contributed by atoms with van der Waals surface area (Å²) in [7, 11) is 0. The van der Waals surface area contributed by atoms with E-state index in [1.807, 2.05) is 6.07 Å². The van der Waals surface area contributed by atoms with E-state index in [1.165, 1.54) is 11.1 Å². The van der Waals surface area contributed by atoms with E-state index in [0.29, 0.717) is 0 Å². The molecule has 1 N–H and O–H groups in total. The molecule has 0 aliphatic carbocycles. The van der Waals surface area contributed by atoms with Gasteiger partial charge >= 0.3 is 0 Å². The van der Waals surface area contributed by atoms with E-state index in [-0.39, 0.29) is 0 Å². The first-order valence-electron chi connectivity index (χ1n) is 5.79. The number of benzene rings is 2. The molecule has 0 bridgehead atoms. The van der Waals surface area contributed by atoms with Crippen LogP contribution < -0.4 is 5.32 Å². The fraction of sp³-hybridized carbons (Fsp3) is 0.200. The monoisotopic (exact) mass is 289 g/mol. The van der Waals surface area contributed by atoms with Crippen LogP contribution in [0, 0.1) is 6.92 Å². The van der Waals surface area contributed by atoms with Gasteiger partial charge in [-0.15, -0.1) is 0 Å². The van der Waals surface area contributed by atoms with Crippen molar-refractivity contribution in [3.05, 3.63) is 64.1 Å². The van der Waals surface area contributed by atoms with Gasteiger partial charge in [0.05, 0.1) is 0 Å². The van der Waals surface area contributed by atoms with Crippen molar-refractivity contribution in [2.45, 2.75) is 13.3 Å². The summed E-state index contributed by atoms with van der Waals surface area (Å²) in [5.41, 5.74) is 3.79. The Morgan fingerprint density at radius 1 is 1.06 bits per heavy atom. The van der Waals surface area contributed by atoms with E-state index in [2.05, 4.69) is 70.6 Å². The summed E-state index contributed by atoms with van der Waals surface area (Å²) in [6.07, 6.45) is 1.04. The molecule has 88 valence electrons. The number of aryl methyl sites for hydroxylation is 1. The maximum absolute atomic E-state index is 3.57. The van der Waals surface area contributed by atoms with Crippen LogP contribution in [0.3, 0.4) is 0 Å². The molecule has 0 atom stereocenters. The molecule has 0 unspecified atom stereocenters. The van der Waals surface area contributed by atoms with Crippen molar-refractivity contribution in [2.75, 3.05) is 11.9 Å². The van der Waals surface area contributed by atoms with Crippen LogP contribution in [0.25, 0.3) is 0 Å². The quantitative estimate of drug-likeness (QED) is 0.879. The summed E-state index contributed by atoms with van der Waals surface area (Å²) in [6, 6.07) is 16.9. The highest BCUT2D eigenvalue weighted by molar-refractivity contribution is 9.10. The Hall–Kier alpha value is -1.28. The van der Waals surface area contributed by atoms with Crippen LogP contribution in [0.4, 0.5) is 5.69 Å². The highest BCUT2D eigenvalue weighted by Crippen LogP contribution is 2.23. The molecule has 0 saturated heterocycles. The zero-order valence-corrected chi connectivity index (χ0v) is 11.5. The number of rotatable bonds is 4. The van der Waals surface area contributed by atoms with Gasteiger partial charge in [0.25, 0.3) is 0 Å². The average Bonchev–Trinajstić information content (AvgIpc) is 2.33. The minimum Gasteiger partial charge on any atom is -0.384 e. The van der Waals surface area contributed by atoms with Gasteiger partial charge in [0, 0.05) is 16.7 Å². The number of nitrogens with one attached hydrogen (secondary N) is 1. The molecule has 2 rings (SSSR count). The first-order valence-corrected chi connectivity index (χ1v) is 6.59. The van der Waals surface area contributed by atoms with Gasteiger partial charge in [0.15, 0.2) is 0 Å². The van der Waals surface area contributed by atoms with Gasteiger partial charge in [0.1, 0.15) is 0 Å². The molecule has 2 aromatic carbocycles. The van der Waals surface area contributed by atoms with Gasteiger partial charge in [-0.1, -0.05) is 36.4 Å². The molecule has 0 aliphatic rings. The minimum atomic E-state index is 0.950. The van der Waals surface area contributed by atoms with Gasteiger partial charge in [-0.25, -0.2) is 0 Å². The predicted octanol–water partition coefficient (Wildman–Crippen LogP) is 4.41. The van der Waals surface area contributed by atoms with E-state index in [9.17, 15) is 0 Å². The summed E-state index contributed by atoms with van der Waals surface area (Å²) in [5.74, 6) is 0. The lowest BCUT2D eigenvalue weighted by molar-refractivity contribution is 1.02. The van der Waals surface area contributed by atoms with Crippen molar-refractivity contribution < 1.29 is 0 Å². The number of hydrogen-bond donors (Lipinski definition) is 1. The molecule has 0 radical (unpaired) electrons. The average molecular weight is 290 g/mol. The van der Waals surface area contributed by atoms with Crippen molar-refractivity contribution >= 4 is 21.6 Å². The standard InChI is InChI=1S/C15H16BrN/c1-12-7-8-15(14(16)11-12)17-10-9-13-5-3-2-4-6-13/h2-8,11,17H,9-10H2,1H3. The first kappa shape index (κ1) is 12.2. The summed E-state index contributed by atoms with van der Waals surface area (Å²) >= 11 is 3.57. The smallest absolute Gasteiger partial charge is 0.0484 e. The summed E-state index contributed by atoms with van der Waals surface area (Å²) < 4.78 is 1.13. The van der Waals surface area contributed by atoms with Gasteiger partial charge in [-0.05, 0) is 52.5 Å². The largest absolute Gasteiger partial charge is 0.384 e. The molecule has 2 aromatic rings. The number of halogens is 1. The lowest BCUT2D eigenvalue weighted by Gasteiger charge is -2.09. The third-order valence-corrected chi connectivity index (χ3v) is 3.35. The second-order valence-electron chi connectivity index (χ2n) is 4.15. The maximum Gasteiger partial charge on any atom is 0.0484 e. The van der Waals surface area contributed by atoms with Crippen LogP contribution in [0.15, 0.2) is 53.0 Å². The van der Waals surface area contributed by atoms with Crippen LogP contribution in [0.2, 0.25) is 0 Å². The second-order valence-corrected chi connectivity index (χ2v) is 5.00. The number of hydrogen-bond acceptors (Lipinski definition) is 1. The SMILES string of the molecule is Cc1ccc(NCCc2ccccc2)c(Br)c1. The topological polar surface area (TPSA) is 12.0 Å². The molecule has 0 fully saturated rings. The lowest BCUT2D eigenvalue weighted by Crippen LogP contribution is -2.05. The van der Waals surface area contributed by atoms with Crippen molar-refractivity contribution in [1.29, 1.82) is 0 Å². The molecule has 0 heterocycles. The molecule has 0 spiro atoms. The van der Waals surface area contributed by atoms with Crippen LogP contribution in [-0.4, -0.2) is 6.54 Å². The molecule has 17 heavy (non-hydrogen) atoms. The number of anilines is 1. The molecule has 1 nitrogen and oxygen atoms in total. The van der Waals surface area contributed by atoms with E-state index in [0.717, 1.165) is 23.1 Å². The van der Waals surface area contributed by atoms with Crippen molar-refractivity contribution in [1.82, 2.24) is 0 Å². The van der Waals surface area contributed by atoms with Crippen molar-refractivity contribution in [2.24, 2.45) is 0 Å². The Balaban J connectivity index is 1.90. The molecule has 0 aromatic heterocycles. The van der Waals surface area contributed by atoms with Gasteiger partial charge < -0.3 is 5.32 Å². The van der Waals surface area contributed by atoms with Crippen LogP contribution in [-0.2, 0) is 6.42 Å². The molecule has 0 aliphatic heterocycles. The van der Waals surface area contributed by atoms with Gasteiger partial charge in [-0.3, -0.25) is 0 Å². The first-order chi connectivity index (χ1) is 8.25. The normalized spacial score (nSPS) is 10.2. The van der Waals surface area contributed by atoms with E-state index in [1.54, 1.807) is 0 Å². The summed E-state index contributed by atoms with van der Waals surface area (Å²) in [5, 5.41) is 3.44. The fourth-order valence-corrected chi connectivity index (χ4v) is 2.38. The Bertz CT molecular complexity index is 480. The minimum absolute atomic E-state index is 0.950. The Morgan fingerprint density at radius 3 is 2.53 bits per heavy atom. The Kier molecular flexibility index (Phi) is 4.21. The van der Waals surface area contributed by atoms with Crippen LogP contribution >= 0.6 is 15.9 Å². The van der Waals surface area contributed by atoms with Crippen molar-refractivity contribution in [3.8, 4) is 0 Å². The molecule has 0 amide bonds. The highest BCUT2D eigenvalue weighted by Gasteiger charge is 1.99. The third kappa shape index (κ3) is 3.60. The van der Waals surface area contributed by atoms with Crippen molar-refractivity contribution in [3.63, 3.8) is 0 Å². The molecular formula is C15H16BrN. The Morgan fingerprint density at radius 2 is 1.82 bits per heavy atom. The summed E-state index contributed by atoms with van der Waals surface area (Å²) in [4.78, 5) is 0. The van der Waals surface area contributed by atoms with Gasteiger partial charge in [-0.2, -0.15) is 0 Å². The highest BCUT2D eigenvalue weighted by atomic mass is 79.9. The molecule has 2 heteroatoms. The summed E-state index contributed by atoms with van der Waals surface area (Å²) in [6.45, 7) is 3.05. The van der Waals surface area contributed by atoms with Crippen LogP contribution in [0.5, 0.6) is 0 Å². The van der Waals surface area contributed by atoms with Crippen LogP contribution in [0.1, 0.15) is 11.1 Å². The fourth-order valence-electron chi connectivity index (χ4n) is 1.75. The zero-order valence-electron chi connectivity index (χ0n) is 9.91. The van der Waals surface area contributed by atoms with E-state index in [4.69, 9.17) is 0 Å². The van der Waals surface area contributed by atoms with E-state index >= 15 is 0 Å². The van der Waals surface area contributed by atoms with E-state index < -0.39 is 0 Å². The second kappa shape index (κ2) is 5.87.